The highest BCUT2D eigenvalue weighted by Crippen LogP contribution is 2.38. The van der Waals surface area contributed by atoms with E-state index >= 15 is 0 Å². The van der Waals surface area contributed by atoms with E-state index in [-0.39, 0.29) is 24.3 Å². The highest BCUT2D eigenvalue weighted by atomic mass is 79.9. The molecule has 1 aromatic rings. The molecular weight excluding hydrogens is 341 g/mol. The number of carbonyl (C=O) groups is 2. The van der Waals surface area contributed by atoms with Crippen LogP contribution in [-0.2, 0) is 9.59 Å². The van der Waals surface area contributed by atoms with Gasteiger partial charge in [-0.3, -0.25) is 9.59 Å². The van der Waals surface area contributed by atoms with Crippen LogP contribution in [0, 0.1) is 11.7 Å². The van der Waals surface area contributed by atoms with Gasteiger partial charge in [0.1, 0.15) is 5.82 Å². The SMILES string of the molecule is CCCN1C(=O)CCC(C(=O)O)C1c1ccc(Br)cc1F. The molecule has 6 heteroatoms. The summed E-state index contributed by atoms with van der Waals surface area (Å²) in [6, 6.07) is 3.79. The van der Waals surface area contributed by atoms with Crippen molar-refractivity contribution in [1.82, 2.24) is 4.90 Å². The standard InChI is InChI=1S/C15H17BrFNO3/c1-2-7-18-13(19)6-5-11(15(20)21)14(18)10-4-3-9(16)8-12(10)17/h3-4,8,11,14H,2,5-7H2,1H3,(H,20,21). The summed E-state index contributed by atoms with van der Waals surface area (Å²) in [7, 11) is 0. The number of aliphatic carboxylic acids is 1. The molecular formula is C15H17BrFNO3. The molecule has 1 fully saturated rings. The number of carboxylic acid groups (broad SMARTS) is 1. The molecule has 1 aliphatic rings. The van der Waals surface area contributed by atoms with Crippen molar-refractivity contribution in [3.63, 3.8) is 0 Å². The number of nitrogens with zero attached hydrogens (tertiary/aromatic N) is 1. The number of halogens is 2. The highest BCUT2D eigenvalue weighted by molar-refractivity contribution is 9.10. The molecule has 114 valence electrons. The molecule has 2 rings (SSSR count). The second-order valence-corrected chi connectivity index (χ2v) is 6.10. The van der Waals surface area contributed by atoms with Crippen LogP contribution >= 0.6 is 15.9 Å². The average Bonchev–Trinajstić information content (AvgIpc) is 2.41. The topological polar surface area (TPSA) is 57.6 Å². The lowest BCUT2D eigenvalue weighted by molar-refractivity contribution is -0.152. The van der Waals surface area contributed by atoms with Crippen molar-refractivity contribution in [3.05, 3.63) is 34.1 Å². The Morgan fingerprint density at radius 3 is 2.81 bits per heavy atom. The summed E-state index contributed by atoms with van der Waals surface area (Å²) in [4.78, 5) is 25.1. The van der Waals surface area contributed by atoms with E-state index in [0.29, 0.717) is 17.4 Å². The van der Waals surface area contributed by atoms with E-state index in [1.165, 1.54) is 11.0 Å². The largest absolute Gasteiger partial charge is 0.481 e. The summed E-state index contributed by atoms with van der Waals surface area (Å²) in [5, 5.41) is 9.42. The fourth-order valence-electron chi connectivity index (χ4n) is 2.84. The smallest absolute Gasteiger partial charge is 0.308 e. The van der Waals surface area contributed by atoms with Gasteiger partial charge >= 0.3 is 5.97 Å². The van der Waals surface area contributed by atoms with E-state index in [9.17, 15) is 19.1 Å². The van der Waals surface area contributed by atoms with Gasteiger partial charge in [-0.05, 0) is 25.0 Å². The zero-order valence-corrected chi connectivity index (χ0v) is 13.3. The third-order valence-electron chi connectivity index (χ3n) is 3.77. The lowest BCUT2D eigenvalue weighted by atomic mass is 9.84. The molecule has 0 aromatic heterocycles. The third-order valence-corrected chi connectivity index (χ3v) is 4.26. The molecule has 1 amide bonds. The number of piperidine rings is 1. The molecule has 0 spiro atoms. The molecule has 0 radical (unpaired) electrons. The second kappa shape index (κ2) is 6.56. The molecule has 21 heavy (non-hydrogen) atoms. The number of hydrogen-bond acceptors (Lipinski definition) is 2. The fraction of sp³-hybridized carbons (Fsp3) is 0.467. The fourth-order valence-corrected chi connectivity index (χ4v) is 3.18. The lowest BCUT2D eigenvalue weighted by Crippen LogP contribution is -2.46. The van der Waals surface area contributed by atoms with Crippen LogP contribution in [0.3, 0.4) is 0 Å². The molecule has 1 aromatic carbocycles. The van der Waals surface area contributed by atoms with E-state index in [0.717, 1.165) is 0 Å². The van der Waals surface area contributed by atoms with E-state index in [2.05, 4.69) is 15.9 Å². The van der Waals surface area contributed by atoms with Crippen molar-refractivity contribution in [2.24, 2.45) is 5.92 Å². The predicted molar refractivity (Wildman–Crippen MR) is 79.2 cm³/mol. The zero-order valence-electron chi connectivity index (χ0n) is 11.7. The van der Waals surface area contributed by atoms with Crippen molar-refractivity contribution in [2.45, 2.75) is 32.2 Å². The van der Waals surface area contributed by atoms with Gasteiger partial charge in [0.15, 0.2) is 0 Å². The van der Waals surface area contributed by atoms with Crippen LogP contribution < -0.4 is 0 Å². The molecule has 1 N–H and O–H groups in total. The quantitative estimate of drug-likeness (QED) is 0.898. The first kappa shape index (κ1) is 15.9. The van der Waals surface area contributed by atoms with Gasteiger partial charge in [0, 0.05) is 23.0 Å². The third kappa shape index (κ3) is 3.26. The zero-order chi connectivity index (χ0) is 15.6. The van der Waals surface area contributed by atoms with Crippen LogP contribution in [0.1, 0.15) is 37.8 Å². The van der Waals surface area contributed by atoms with Crippen molar-refractivity contribution in [1.29, 1.82) is 0 Å². The number of hydrogen-bond donors (Lipinski definition) is 1. The molecule has 0 saturated carbocycles. The lowest BCUT2D eigenvalue weighted by Gasteiger charge is -2.39. The van der Waals surface area contributed by atoms with Gasteiger partial charge in [0.05, 0.1) is 12.0 Å². The Hall–Kier alpha value is -1.43. The maximum atomic E-state index is 14.3. The predicted octanol–water partition coefficient (Wildman–Crippen LogP) is 3.36. The Kier molecular flexibility index (Phi) is 4.98. The van der Waals surface area contributed by atoms with Crippen LogP contribution in [0.5, 0.6) is 0 Å². The Labute approximate surface area is 131 Å². The van der Waals surface area contributed by atoms with Gasteiger partial charge in [-0.25, -0.2) is 4.39 Å². The van der Waals surface area contributed by atoms with Crippen molar-refractivity contribution >= 4 is 27.8 Å². The number of likely N-dealkylation sites (tertiary alicyclic amines) is 1. The summed E-state index contributed by atoms with van der Waals surface area (Å²) < 4.78 is 14.8. The summed E-state index contributed by atoms with van der Waals surface area (Å²) in [5.41, 5.74) is 0.270. The average molecular weight is 358 g/mol. The number of carbonyl (C=O) groups excluding carboxylic acids is 1. The van der Waals surface area contributed by atoms with E-state index in [4.69, 9.17) is 0 Å². The van der Waals surface area contributed by atoms with Crippen molar-refractivity contribution < 1.29 is 19.1 Å². The number of carboxylic acids is 1. The van der Waals surface area contributed by atoms with Gasteiger partial charge < -0.3 is 10.0 Å². The van der Waals surface area contributed by atoms with E-state index in [1.54, 1.807) is 12.1 Å². The van der Waals surface area contributed by atoms with Crippen LogP contribution in [0.25, 0.3) is 0 Å². The maximum Gasteiger partial charge on any atom is 0.308 e. The molecule has 0 bridgehead atoms. The van der Waals surface area contributed by atoms with Crippen molar-refractivity contribution in [3.8, 4) is 0 Å². The number of amides is 1. The molecule has 2 atom stereocenters. The Morgan fingerprint density at radius 1 is 1.52 bits per heavy atom. The van der Waals surface area contributed by atoms with Gasteiger partial charge in [-0.2, -0.15) is 0 Å². The Bertz CT molecular complexity index is 564. The molecule has 4 nitrogen and oxygen atoms in total. The minimum atomic E-state index is -0.990. The molecule has 1 saturated heterocycles. The summed E-state index contributed by atoms with van der Waals surface area (Å²) in [5.74, 6) is -2.36. The van der Waals surface area contributed by atoms with E-state index in [1.807, 2.05) is 6.92 Å². The van der Waals surface area contributed by atoms with Crippen LogP contribution in [-0.4, -0.2) is 28.4 Å². The minimum Gasteiger partial charge on any atom is -0.481 e. The summed E-state index contributed by atoms with van der Waals surface area (Å²) in [6.07, 6.45) is 1.15. The minimum absolute atomic E-state index is 0.110. The Balaban J connectivity index is 2.48. The van der Waals surface area contributed by atoms with Crippen LogP contribution in [0.2, 0.25) is 0 Å². The first-order valence-electron chi connectivity index (χ1n) is 6.93. The summed E-state index contributed by atoms with van der Waals surface area (Å²) in [6.45, 7) is 2.34. The molecule has 1 heterocycles. The number of rotatable bonds is 4. The van der Waals surface area contributed by atoms with Gasteiger partial charge in [0.25, 0.3) is 0 Å². The molecule has 0 aliphatic carbocycles. The summed E-state index contributed by atoms with van der Waals surface area (Å²) >= 11 is 3.19. The Morgan fingerprint density at radius 2 is 2.24 bits per heavy atom. The number of benzene rings is 1. The van der Waals surface area contributed by atoms with Gasteiger partial charge in [-0.15, -0.1) is 0 Å². The first-order valence-corrected chi connectivity index (χ1v) is 7.72. The first-order chi connectivity index (χ1) is 9.95. The van der Waals surface area contributed by atoms with Gasteiger partial charge in [-0.1, -0.05) is 28.9 Å². The van der Waals surface area contributed by atoms with Crippen molar-refractivity contribution in [2.75, 3.05) is 6.54 Å². The highest BCUT2D eigenvalue weighted by Gasteiger charge is 2.41. The molecule has 2 unspecified atom stereocenters. The normalized spacial score (nSPS) is 22.4. The van der Waals surface area contributed by atoms with Crippen LogP contribution in [0.15, 0.2) is 22.7 Å². The second-order valence-electron chi connectivity index (χ2n) is 5.18. The maximum absolute atomic E-state index is 14.3. The monoisotopic (exact) mass is 357 g/mol. The van der Waals surface area contributed by atoms with Gasteiger partial charge in [0.2, 0.25) is 5.91 Å². The van der Waals surface area contributed by atoms with E-state index < -0.39 is 23.7 Å². The van der Waals surface area contributed by atoms with Crippen LogP contribution in [0.4, 0.5) is 4.39 Å². The molecule has 1 aliphatic heterocycles.